The van der Waals surface area contributed by atoms with Crippen LogP contribution in [0.2, 0.25) is 0 Å². The molecule has 1 fully saturated rings. The molecule has 156 valence electrons. The third-order valence-electron chi connectivity index (χ3n) is 4.64. The fourth-order valence-corrected chi connectivity index (χ4v) is 3.12. The van der Waals surface area contributed by atoms with Crippen LogP contribution in [-0.4, -0.2) is 65.3 Å². The zero-order valence-corrected chi connectivity index (χ0v) is 19.8. The van der Waals surface area contributed by atoms with Gasteiger partial charge in [0.2, 0.25) is 0 Å². The maximum atomic E-state index is 5.47. The zero-order chi connectivity index (χ0) is 19.0. The summed E-state index contributed by atoms with van der Waals surface area (Å²) < 4.78 is 7.66. The van der Waals surface area contributed by atoms with E-state index in [1.54, 1.807) is 0 Å². The van der Waals surface area contributed by atoms with Crippen molar-refractivity contribution in [3.63, 3.8) is 0 Å². The van der Waals surface area contributed by atoms with Crippen LogP contribution in [0.3, 0.4) is 0 Å². The predicted octanol–water partition coefficient (Wildman–Crippen LogP) is 2.32. The van der Waals surface area contributed by atoms with Gasteiger partial charge in [-0.3, -0.25) is 4.90 Å². The molecule has 1 aromatic heterocycles. The third kappa shape index (κ3) is 7.95. The number of nitrogens with one attached hydrogen (secondary N) is 2. The first kappa shape index (κ1) is 24.2. The molecule has 1 aliphatic rings. The van der Waals surface area contributed by atoms with Crippen LogP contribution >= 0.6 is 24.0 Å². The van der Waals surface area contributed by atoms with Crippen LogP contribution in [0, 0.1) is 5.92 Å². The number of rotatable bonds is 8. The number of nitrogens with zero attached hydrogens (tertiary/aromatic N) is 4. The molecule has 1 aromatic rings. The fourth-order valence-electron chi connectivity index (χ4n) is 3.12. The van der Waals surface area contributed by atoms with Gasteiger partial charge >= 0.3 is 0 Å². The first-order valence-electron chi connectivity index (χ1n) is 9.77. The summed E-state index contributed by atoms with van der Waals surface area (Å²) in [6.07, 6.45) is 3.89. The van der Waals surface area contributed by atoms with Gasteiger partial charge in [-0.15, -0.1) is 24.0 Å². The van der Waals surface area contributed by atoms with Gasteiger partial charge < -0.3 is 19.9 Å². The van der Waals surface area contributed by atoms with Gasteiger partial charge in [-0.2, -0.15) is 0 Å². The van der Waals surface area contributed by atoms with Gasteiger partial charge in [-0.1, -0.05) is 13.8 Å². The molecule has 0 saturated carbocycles. The summed E-state index contributed by atoms with van der Waals surface area (Å²) in [7, 11) is 0. The van der Waals surface area contributed by atoms with Crippen LogP contribution in [0.25, 0.3) is 0 Å². The van der Waals surface area contributed by atoms with E-state index in [1.165, 1.54) is 0 Å². The summed E-state index contributed by atoms with van der Waals surface area (Å²) in [4.78, 5) is 11.7. The van der Waals surface area contributed by atoms with Crippen LogP contribution in [0.15, 0.2) is 17.4 Å². The molecule has 0 radical (unpaired) electrons. The van der Waals surface area contributed by atoms with E-state index in [0.717, 1.165) is 57.7 Å². The Kier molecular flexibility index (Phi) is 10.6. The van der Waals surface area contributed by atoms with Gasteiger partial charge in [0, 0.05) is 50.7 Å². The Morgan fingerprint density at radius 2 is 2.00 bits per heavy atom. The zero-order valence-electron chi connectivity index (χ0n) is 17.5. The normalized spacial score (nSPS) is 16.3. The Labute approximate surface area is 181 Å². The van der Waals surface area contributed by atoms with Gasteiger partial charge in [-0.05, 0) is 26.7 Å². The second kappa shape index (κ2) is 11.9. The van der Waals surface area contributed by atoms with E-state index >= 15 is 0 Å². The summed E-state index contributed by atoms with van der Waals surface area (Å²) >= 11 is 0. The number of aromatic nitrogens is 2. The highest BCUT2D eigenvalue weighted by molar-refractivity contribution is 14.0. The third-order valence-corrected chi connectivity index (χ3v) is 4.64. The number of guanidine groups is 1. The van der Waals surface area contributed by atoms with E-state index in [1.807, 2.05) is 12.4 Å². The number of morpholine rings is 1. The average molecular weight is 492 g/mol. The average Bonchev–Trinajstić information content (AvgIpc) is 3.04. The van der Waals surface area contributed by atoms with Crippen LogP contribution < -0.4 is 10.6 Å². The van der Waals surface area contributed by atoms with Gasteiger partial charge in [0.15, 0.2) is 5.96 Å². The molecule has 1 saturated heterocycles. The van der Waals surface area contributed by atoms with Gasteiger partial charge in [0.1, 0.15) is 12.4 Å². The van der Waals surface area contributed by atoms with Gasteiger partial charge in [0.25, 0.3) is 0 Å². The molecule has 0 unspecified atom stereocenters. The monoisotopic (exact) mass is 492 g/mol. The van der Waals surface area contributed by atoms with Crippen molar-refractivity contribution in [2.45, 2.75) is 53.2 Å². The van der Waals surface area contributed by atoms with Crippen LogP contribution in [0.1, 0.15) is 40.4 Å². The summed E-state index contributed by atoms with van der Waals surface area (Å²) in [5.74, 6) is 2.43. The molecule has 0 atom stereocenters. The van der Waals surface area contributed by atoms with Crippen molar-refractivity contribution in [3.8, 4) is 0 Å². The van der Waals surface area contributed by atoms with Crippen molar-refractivity contribution in [3.05, 3.63) is 18.2 Å². The minimum atomic E-state index is 0. The van der Waals surface area contributed by atoms with E-state index in [0.29, 0.717) is 12.5 Å². The number of ether oxygens (including phenoxy) is 1. The summed E-state index contributed by atoms with van der Waals surface area (Å²) in [5, 5.41) is 6.84. The maximum absolute atomic E-state index is 5.47. The standard InChI is InChI=1S/C19H36N6O.HI/c1-6-20-18(22-13-17-21-7-8-24(17)14-16(2)3)23-15-19(4,5)25-9-11-26-12-10-25;/h7-8,16H,6,9-15H2,1-5H3,(H2,20,22,23);1H. The molecule has 0 aliphatic carbocycles. The highest BCUT2D eigenvalue weighted by Crippen LogP contribution is 2.15. The van der Waals surface area contributed by atoms with Crippen LogP contribution in [0.5, 0.6) is 0 Å². The fraction of sp³-hybridized carbons (Fsp3) is 0.789. The molecular weight excluding hydrogens is 455 g/mol. The number of hydrogen-bond donors (Lipinski definition) is 2. The number of imidazole rings is 1. The van der Waals surface area contributed by atoms with Crippen molar-refractivity contribution in [1.82, 2.24) is 25.1 Å². The molecule has 0 spiro atoms. The molecule has 1 aliphatic heterocycles. The predicted molar refractivity (Wildman–Crippen MR) is 122 cm³/mol. The Morgan fingerprint density at radius 3 is 2.63 bits per heavy atom. The van der Waals surface area contributed by atoms with Crippen molar-refractivity contribution in [2.75, 3.05) is 39.4 Å². The Bertz CT molecular complexity index is 566. The van der Waals surface area contributed by atoms with E-state index in [9.17, 15) is 0 Å². The van der Waals surface area contributed by atoms with E-state index in [4.69, 9.17) is 9.73 Å². The summed E-state index contributed by atoms with van der Waals surface area (Å²) in [6.45, 7) is 17.9. The lowest BCUT2D eigenvalue weighted by Gasteiger charge is -2.41. The molecular formula is C19H37IN6O. The van der Waals surface area contributed by atoms with Crippen molar-refractivity contribution in [1.29, 1.82) is 0 Å². The molecule has 2 rings (SSSR count). The number of halogens is 1. The Hall–Kier alpha value is -0.870. The molecule has 7 nitrogen and oxygen atoms in total. The molecule has 0 aromatic carbocycles. The SMILES string of the molecule is CCNC(=NCc1nccn1CC(C)C)NCC(C)(C)N1CCOCC1.I. The van der Waals surface area contributed by atoms with Crippen molar-refractivity contribution >= 4 is 29.9 Å². The summed E-state index contributed by atoms with van der Waals surface area (Å²) in [5.41, 5.74) is 0.0517. The van der Waals surface area contributed by atoms with Gasteiger partial charge in [-0.25, -0.2) is 9.98 Å². The largest absolute Gasteiger partial charge is 0.379 e. The number of aliphatic imine (C=N–C) groups is 1. The highest BCUT2D eigenvalue weighted by atomic mass is 127. The van der Waals surface area contributed by atoms with Crippen molar-refractivity contribution < 1.29 is 4.74 Å². The van der Waals surface area contributed by atoms with Gasteiger partial charge in [0.05, 0.1) is 13.2 Å². The van der Waals surface area contributed by atoms with Crippen LogP contribution in [0.4, 0.5) is 0 Å². The molecule has 0 amide bonds. The first-order valence-corrected chi connectivity index (χ1v) is 9.77. The lowest BCUT2D eigenvalue weighted by atomic mass is 10.0. The van der Waals surface area contributed by atoms with E-state index in [-0.39, 0.29) is 29.5 Å². The topological polar surface area (TPSA) is 66.7 Å². The molecule has 0 bridgehead atoms. The second-order valence-electron chi connectivity index (χ2n) is 7.85. The smallest absolute Gasteiger partial charge is 0.191 e. The van der Waals surface area contributed by atoms with Crippen molar-refractivity contribution in [2.24, 2.45) is 10.9 Å². The molecule has 2 N–H and O–H groups in total. The van der Waals surface area contributed by atoms with E-state index in [2.05, 4.69) is 59.7 Å². The number of hydrogen-bond acceptors (Lipinski definition) is 4. The quantitative estimate of drug-likeness (QED) is 0.331. The molecule has 8 heteroatoms. The van der Waals surface area contributed by atoms with Crippen LogP contribution in [-0.2, 0) is 17.8 Å². The Morgan fingerprint density at radius 1 is 1.30 bits per heavy atom. The van der Waals surface area contributed by atoms with E-state index < -0.39 is 0 Å². The highest BCUT2D eigenvalue weighted by Gasteiger charge is 2.28. The lowest BCUT2D eigenvalue weighted by molar-refractivity contribution is -0.00834. The minimum Gasteiger partial charge on any atom is -0.379 e. The summed E-state index contributed by atoms with van der Waals surface area (Å²) in [6, 6.07) is 0. The second-order valence-corrected chi connectivity index (χ2v) is 7.85. The molecule has 2 heterocycles. The lowest BCUT2D eigenvalue weighted by Crippen LogP contribution is -2.56. The first-order chi connectivity index (χ1) is 12.4. The molecule has 27 heavy (non-hydrogen) atoms. The minimum absolute atomic E-state index is 0. The Balaban J connectivity index is 0.00000364. The maximum Gasteiger partial charge on any atom is 0.191 e.